The maximum Gasteiger partial charge on any atom is 0.169 e. The molecule has 1 N–H and O–H groups in total. The van der Waals surface area contributed by atoms with Crippen LogP contribution in [-0.2, 0) is 5.41 Å². The molecule has 0 bridgehead atoms. The number of nitrogens with zero attached hydrogens (tertiary/aromatic N) is 4. The molecule has 0 unspecified atom stereocenters. The van der Waals surface area contributed by atoms with Crippen LogP contribution >= 0.6 is 11.6 Å². The Morgan fingerprint density at radius 1 is 1.07 bits per heavy atom. The Labute approximate surface area is 181 Å². The van der Waals surface area contributed by atoms with E-state index in [4.69, 9.17) is 11.6 Å². The van der Waals surface area contributed by atoms with Gasteiger partial charge in [-0.15, -0.1) is 10.2 Å². The molecular weight excluding hydrogens is 396 g/mol. The van der Waals surface area contributed by atoms with Gasteiger partial charge >= 0.3 is 0 Å². The quantitative estimate of drug-likeness (QED) is 0.647. The number of rotatable bonds is 5. The van der Waals surface area contributed by atoms with Crippen molar-refractivity contribution in [1.29, 1.82) is 0 Å². The fraction of sp³-hybridized carbons (Fsp3) is 0.333. The smallest absolute Gasteiger partial charge is 0.169 e. The van der Waals surface area contributed by atoms with E-state index in [9.17, 15) is 5.11 Å². The zero-order valence-corrected chi connectivity index (χ0v) is 17.6. The summed E-state index contributed by atoms with van der Waals surface area (Å²) in [5.41, 5.74) is 3.09. The van der Waals surface area contributed by atoms with Crippen molar-refractivity contribution >= 4 is 23.5 Å². The first-order valence-corrected chi connectivity index (χ1v) is 10.9. The summed E-state index contributed by atoms with van der Waals surface area (Å²) >= 11 is 6.71. The SMILES string of the molecule is C=Cn1c(-c2ccc(N3CCC(O)CC3)cc2Cl)nnc1C1(c2ccccc2)CC1. The molecule has 1 aliphatic heterocycles. The van der Waals surface area contributed by atoms with E-state index in [1.54, 1.807) is 6.20 Å². The molecule has 0 radical (unpaired) electrons. The summed E-state index contributed by atoms with van der Waals surface area (Å²) in [5.74, 6) is 1.64. The van der Waals surface area contributed by atoms with E-state index in [0.717, 1.165) is 55.8 Å². The minimum Gasteiger partial charge on any atom is -0.393 e. The van der Waals surface area contributed by atoms with Crippen molar-refractivity contribution in [2.24, 2.45) is 0 Å². The van der Waals surface area contributed by atoms with Crippen molar-refractivity contribution in [3.8, 4) is 11.4 Å². The first-order valence-electron chi connectivity index (χ1n) is 10.5. The standard InChI is InChI=1S/C24H25ClN4O/c1-2-29-22(26-27-23(29)24(12-13-24)17-6-4-3-5-7-17)20-9-8-18(16-21(20)25)28-14-10-19(30)11-15-28/h2-9,16,19,30H,1,10-15H2. The van der Waals surface area contributed by atoms with Gasteiger partial charge in [-0.05, 0) is 49.4 Å². The van der Waals surface area contributed by atoms with Gasteiger partial charge in [0.25, 0.3) is 0 Å². The molecule has 5 nitrogen and oxygen atoms in total. The number of hydrogen-bond donors (Lipinski definition) is 1. The Kier molecular flexibility index (Phi) is 4.88. The molecule has 1 aromatic heterocycles. The summed E-state index contributed by atoms with van der Waals surface area (Å²) in [6, 6.07) is 16.6. The van der Waals surface area contributed by atoms with Crippen LogP contribution in [0.3, 0.4) is 0 Å². The van der Waals surface area contributed by atoms with Crippen LogP contribution in [0.5, 0.6) is 0 Å². The molecule has 2 aliphatic rings. The minimum atomic E-state index is -0.195. The predicted molar refractivity (Wildman–Crippen MR) is 121 cm³/mol. The summed E-state index contributed by atoms with van der Waals surface area (Å²) in [6.07, 6.45) is 5.26. The van der Waals surface area contributed by atoms with Gasteiger partial charge in [0.05, 0.1) is 16.5 Å². The lowest BCUT2D eigenvalue weighted by Gasteiger charge is -2.31. The predicted octanol–water partition coefficient (Wildman–Crippen LogP) is 4.74. The van der Waals surface area contributed by atoms with Gasteiger partial charge in [0, 0.05) is 30.5 Å². The summed E-state index contributed by atoms with van der Waals surface area (Å²) in [7, 11) is 0. The van der Waals surface area contributed by atoms with Crippen molar-refractivity contribution in [2.45, 2.75) is 37.2 Å². The van der Waals surface area contributed by atoms with Gasteiger partial charge in [-0.2, -0.15) is 0 Å². The molecule has 5 rings (SSSR count). The second-order valence-electron chi connectivity index (χ2n) is 8.23. The lowest BCUT2D eigenvalue weighted by molar-refractivity contribution is 0.145. The van der Waals surface area contributed by atoms with Crippen LogP contribution in [0, 0.1) is 0 Å². The number of benzene rings is 2. The second kappa shape index (κ2) is 7.56. The molecule has 2 heterocycles. The first-order chi connectivity index (χ1) is 14.6. The van der Waals surface area contributed by atoms with Gasteiger partial charge in [0.15, 0.2) is 5.82 Å². The molecule has 6 heteroatoms. The topological polar surface area (TPSA) is 54.2 Å². The lowest BCUT2D eigenvalue weighted by Crippen LogP contribution is -2.35. The van der Waals surface area contributed by atoms with Crippen LogP contribution in [0.4, 0.5) is 5.69 Å². The van der Waals surface area contributed by atoms with Gasteiger partial charge in [0.2, 0.25) is 0 Å². The van der Waals surface area contributed by atoms with Crippen LogP contribution in [0.25, 0.3) is 17.6 Å². The molecule has 154 valence electrons. The van der Waals surface area contributed by atoms with E-state index in [-0.39, 0.29) is 11.5 Å². The van der Waals surface area contributed by atoms with Gasteiger partial charge in [0.1, 0.15) is 5.82 Å². The molecule has 3 aromatic rings. The fourth-order valence-electron chi connectivity index (χ4n) is 4.50. The number of hydrogen-bond acceptors (Lipinski definition) is 4. The van der Waals surface area contributed by atoms with Gasteiger partial charge < -0.3 is 10.0 Å². The summed E-state index contributed by atoms with van der Waals surface area (Å²) < 4.78 is 1.98. The number of aliphatic hydroxyl groups is 1. The van der Waals surface area contributed by atoms with Gasteiger partial charge in [-0.3, -0.25) is 4.57 Å². The van der Waals surface area contributed by atoms with Crippen molar-refractivity contribution in [2.75, 3.05) is 18.0 Å². The molecular formula is C24H25ClN4O. The van der Waals surface area contributed by atoms with E-state index in [1.165, 1.54) is 5.56 Å². The van der Waals surface area contributed by atoms with Crippen LogP contribution in [0.2, 0.25) is 5.02 Å². The Balaban J connectivity index is 1.49. The monoisotopic (exact) mass is 420 g/mol. The highest BCUT2D eigenvalue weighted by Gasteiger charge is 2.50. The van der Waals surface area contributed by atoms with E-state index < -0.39 is 0 Å². The van der Waals surface area contributed by atoms with Crippen LogP contribution < -0.4 is 4.90 Å². The number of anilines is 1. The average Bonchev–Trinajstić information content (AvgIpc) is 3.47. The highest BCUT2D eigenvalue weighted by Crippen LogP contribution is 2.53. The lowest BCUT2D eigenvalue weighted by atomic mass is 9.95. The molecule has 0 atom stereocenters. The molecule has 1 saturated carbocycles. The summed E-state index contributed by atoms with van der Waals surface area (Å²) in [5, 5.41) is 19.5. The largest absolute Gasteiger partial charge is 0.393 e. The molecule has 1 aliphatic carbocycles. The Morgan fingerprint density at radius 2 is 1.80 bits per heavy atom. The van der Waals surface area contributed by atoms with Crippen molar-refractivity contribution in [1.82, 2.24) is 14.8 Å². The molecule has 2 aromatic carbocycles. The Hall–Kier alpha value is -2.63. The first kappa shape index (κ1) is 19.3. The van der Waals surface area contributed by atoms with Crippen LogP contribution in [0.15, 0.2) is 55.1 Å². The van der Waals surface area contributed by atoms with E-state index in [1.807, 2.05) is 22.8 Å². The third kappa shape index (κ3) is 3.22. The number of aliphatic hydroxyl groups excluding tert-OH is 1. The van der Waals surface area contributed by atoms with E-state index in [2.05, 4.69) is 52.0 Å². The van der Waals surface area contributed by atoms with E-state index in [0.29, 0.717) is 10.8 Å². The van der Waals surface area contributed by atoms with Crippen molar-refractivity contribution in [3.63, 3.8) is 0 Å². The van der Waals surface area contributed by atoms with Crippen LogP contribution in [-0.4, -0.2) is 39.1 Å². The highest BCUT2D eigenvalue weighted by atomic mass is 35.5. The molecule has 30 heavy (non-hydrogen) atoms. The van der Waals surface area contributed by atoms with E-state index >= 15 is 0 Å². The molecule has 1 saturated heterocycles. The molecule has 2 fully saturated rings. The fourth-order valence-corrected chi connectivity index (χ4v) is 4.76. The molecule has 0 spiro atoms. The zero-order valence-electron chi connectivity index (χ0n) is 16.8. The number of piperidine rings is 1. The normalized spacial score (nSPS) is 18.4. The van der Waals surface area contributed by atoms with Crippen molar-refractivity contribution < 1.29 is 5.11 Å². The highest BCUT2D eigenvalue weighted by molar-refractivity contribution is 6.33. The molecule has 0 amide bonds. The number of aromatic nitrogens is 3. The van der Waals surface area contributed by atoms with Gasteiger partial charge in [-0.1, -0.05) is 48.5 Å². The second-order valence-corrected chi connectivity index (χ2v) is 8.64. The minimum absolute atomic E-state index is 0.0955. The Morgan fingerprint density at radius 3 is 2.43 bits per heavy atom. The average molecular weight is 421 g/mol. The third-order valence-corrected chi connectivity index (χ3v) is 6.72. The van der Waals surface area contributed by atoms with Crippen molar-refractivity contribution in [3.05, 3.63) is 71.5 Å². The number of halogens is 1. The third-order valence-electron chi connectivity index (χ3n) is 6.41. The Bertz CT molecular complexity index is 1070. The zero-order chi connectivity index (χ0) is 20.7. The maximum absolute atomic E-state index is 9.75. The summed E-state index contributed by atoms with van der Waals surface area (Å²) in [4.78, 5) is 2.26. The maximum atomic E-state index is 9.75. The van der Waals surface area contributed by atoms with Crippen LogP contribution in [0.1, 0.15) is 37.1 Å². The van der Waals surface area contributed by atoms with Gasteiger partial charge in [-0.25, -0.2) is 0 Å². The summed E-state index contributed by atoms with van der Waals surface area (Å²) in [6.45, 7) is 5.69.